The third-order valence-electron chi connectivity index (χ3n) is 7.93. The highest BCUT2D eigenvalue weighted by Gasteiger charge is 2.52. The molecule has 170 valence electrons. The number of nitrogens with zero attached hydrogens (tertiary/aromatic N) is 2. The van der Waals surface area contributed by atoms with Crippen molar-refractivity contribution in [2.24, 2.45) is 23.5 Å². The summed E-state index contributed by atoms with van der Waals surface area (Å²) in [6.45, 7) is 1.60. The Kier molecular flexibility index (Phi) is 6.97. The van der Waals surface area contributed by atoms with Crippen molar-refractivity contribution in [2.75, 3.05) is 27.3 Å². The van der Waals surface area contributed by atoms with E-state index in [1.807, 2.05) is 4.90 Å². The van der Waals surface area contributed by atoms with Gasteiger partial charge in [0.25, 0.3) is 0 Å². The van der Waals surface area contributed by atoms with Gasteiger partial charge in [0.05, 0.1) is 43.5 Å². The lowest BCUT2D eigenvalue weighted by Crippen LogP contribution is -2.74. The Labute approximate surface area is 179 Å². The van der Waals surface area contributed by atoms with E-state index in [-0.39, 0.29) is 30.1 Å². The number of rotatable bonds is 5. The number of hydrogen-bond donors (Lipinski definition) is 2. The second-order valence-corrected chi connectivity index (χ2v) is 9.52. The molecular weight excluding hydrogens is 384 g/mol. The van der Waals surface area contributed by atoms with Gasteiger partial charge in [0.1, 0.15) is 0 Å². The van der Waals surface area contributed by atoms with Crippen LogP contribution < -0.4 is 11.1 Å². The van der Waals surface area contributed by atoms with Crippen molar-refractivity contribution in [3.05, 3.63) is 0 Å². The fourth-order valence-corrected chi connectivity index (χ4v) is 6.08. The van der Waals surface area contributed by atoms with E-state index >= 15 is 0 Å². The summed E-state index contributed by atoms with van der Waals surface area (Å²) < 4.78 is 10.5. The number of hydrogen-bond acceptors (Lipinski definition) is 7. The van der Waals surface area contributed by atoms with Gasteiger partial charge in [-0.1, -0.05) is 0 Å². The summed E-state index contributed by atoms with van der Waals surface area (Å²) in [5, 5.41) is 3.73. The maximum absolute atomic E-state index is 13.3. The number of amides is 1. The summed E-state index contributed by atoms with van der Waals surface area (Å²) in [6.07, 6.45) is 9.18. The average molecular weight is 423 g/mol. The van der Waals surface area contributed by atoms with E-state index in [1.54, 1.807) is 7.11 Å². The van der Waals surface area contributed by atoms with Crippen LogP contribution in [0.25, 0.3) is 0 Å². The lowest BCUT2D eigenvalue weighted by Gasteiger charge is -2.55. The van der Waals surface area contributed by atoms with Crippen molar-refractivity contribution < 1.29 is 19.1 Å². The first kappa shape index (κ1) is 22.0. The molecule has 4 fully saturated rings. The molecule has 0 aromatic rings. The van der Waals surface area contributed by atoms with Crippen LogP contribution in [0.3, 0.4) is 0 Å². The number of piperidine rings is 2. The van der Waals surface area contributed by atoms with Crippen LogP contribution in [0.1, 0.15) is 57.8 Å². The molecule has 30 heavy (non-hydrogen) atoms. The first-order valence-corrected chi connectivity index (χ1v) is 11.7. The zero-order valence-corrected chi connectivity index (χ0v) is 18.4. The molecule has 4 aliphatic rings. The van der Waals surface area contributed by atoms with Crippen LogP contribution in [0.2, 0.25) is 0 Å². The van der Waals surface area contributed by atoms with Crippen molar-refractivity contribution in [3.8, 4) is 0 Å². The Morgan fingerprint density at radius 1 is 1.17 bits per heavy atom. The first-order chi connectivity index (χ1) is 14.5. The molecule has 1 amide bonds. The Hall–Kier alpha value is -1.22. The van der Waals surface area contributed by atoms with Gasteiger partial charge in [0.15, 0.2) is 0 Å². The van der Waals surface area contributed by atoms with Crippen LogP contribution in [0.4, 0.5) is 0 Å². The molecule has 3 N–H and O–H groups in total. The minimum absolute atomic E-state index is 0.0917. The number of carbonyl (C=O) groups is 2. The van der Waals surface area contributed by atoms with Crippen molar-refractivity contribution in [3.63, 3.8) is 0 Å². The molecule has 3 saturated heterocycles. The normalized spacial score (nSPS) is 39.9. The number of esters is 1. The quantitative estimate of drug-likeness (QED) is 0.644. The molecule has 8 nitrogen and oxygen atoms in total. The number of carbonyl (C=O) groups excluding carboxylic acids is 2. The van der Waals surface area contributed by atoms with Crippen LogP contribution in [0.5, 0.6) is 0 Å². The molecule has 0 aromatic heterocycles. The zero-order chi connectivity index (χ0) is 21.3. The second kappa shape index (κ2) is 9.51. The average Bonchev–Trinajstić information content (AvgIpc) is 2.78. The molecule has 0 spiro atoms. The Morgan fingerprint density at radius 2 is 1.93 bits per heavy atom. The fraction of sp³-hybridized carbons (Fsp3) is 0.909. The number of methoxy groups -OCH3 is 2. The Morgan fingerprint density at radius 3 is 2.63 bits per heavy atom. The molecule has 0 bridgehead atoms. The third kappa shape index (κ3) is 4.24. The molecule has 3 heterocycles. The van der Waals surface area contributed by atoms with Gasteiger partial charge in [0, 0.05) is 20.2 Å². The number of likely N-dealkylation sites (tertiary alicyclic amines) is 1. The molecule has 1 aliphatic carbocycles. The monoisotopic (exact) mass is 422 g/mol. The summed E-state index contributed by atoms with van der Waals surface area (Å²) in [6, 6.07) is 0. The van der Waals surface area contributed by atoms with Gasteiger partial charge in [-0.05, 0) is 63.7 Å². The summed E-state index contributed by atoms with van der Waals surface area (Å²) in [4.78, 5) is 30.0. The van der Waals surface area contributed by atoms with Crippen molar-refractivity contribution in [1.29, 1.82) is 0 Å². The highest BCUT2D eigenvalue weighted by molar-refractivity contribution is 5.82. The van der Waals surface area contributed by atoms with Crippen molar-refractivity contribution in [1.82, 2.24) is 15.1 Å². The van der Waals surface area contributed by atoms with E-state index in [0.717, 1.165) is 51.6 Å². The maximum atomic E-state index is 13.3. The van der Waals surface area contributed by atoms with Crippen LogP contribution in [0.15, 0.2) is 0 Å². The fourth-order valence-electron chi connectivity index (χ4n) is 6.08. The molecule has 0 radical (unpaired) electrons. The van der Waals surface area contributed by atoms with Gasteiger partial charge < -0.3 is 20.1 Å². The number of ether oxygens (including phenoxy) is 2. The predicted molar refractivity (Wildman–Crippen MR) is 112 cm³/mol. The van der Waals surface area contributed by atoms with Gasteiger partial charge in [-0.25, -0.2) is 0 Å². The van der Waals surface area contributed by atoms with E-state index < -0.39 is 12.1 Å². The van der Waals surface area contributed by atoms with E-state index in [2.05, 4.69) is 10.2 Å². The standard InChI is InChI=1S/C22H38N4O4/c1-29-15-8-6-14(7-9-15)10-12-26-19(23)16(22(28)30-2)13-17-20(26)24-18-5-3-4-11-25(18)21(17)27/h14-20,24H,3-13,23H2,1-2H3. The first-order valence-electron chi connectivity index (χ1n) is 11.7. The summed E-state index contributed by atoms with van der Waals surface area (Å²) >= 11 is 0. The number of nitrogens with two attached hydrogens (primary N) is 1. The lowest BCUT2D eigenvalue weighted by atomic mass is 9.80. The van der Waals surface area contributed by atoms with Gasteiger partial charge in [0.2, 0.25) is 5.91 Å². The predicted octanol–water partition coefficient (Wildman–Crippen LogP) is 1.25. The topological polar surface area (TPSA) is 97.1 Å². The van der Waals surface area contributed by atoms with E-state index in [0.29, 0.717) is 18.4 Å². The smallest absolute Gasteiger partial charge is 0.311 e. The molecule has 4 rings (SSSR count). The van der Waals surface area contributed by atoms with Gasteiger partial charge in [-0.15, -0.1) is 0 Å². The van der Waals surface area contributed by atoms with Gasteiger partial charge >= 0.3 is 5.97 Å². The molecule has 1 saturated carbocycles. The summed E-state index contributed by atoms with van der Waals surface area (Å²) in [7, 11) is 3.20. The Balaban J connectivity index is 1.48. The largest absolute Gasteiger partial charge is 0.469 e. The highest BCUT2D eigenvalue weighted by atomic mass is 16.5. The molecule has 5 atom stereocenters. The highest BCUT2D eigenvalue weighted by Crippen LogP contribution is 2.37. The molecule has 5 unspecified atom stereocenters. The van der Waals surface area contributed by atoms with E-state index in [1.165, 1.54) is 20.0 Å². The minimum atomic E-state index is -0.465. The van der Waals surface area contributed by atoms with Crippen LogP contribution in [-0.2, 0) is 19.1 Å². The van der Waals surface area contributed by atoms with E-state index in [9.17, 15) is 9.59 Å². The van der Waals surface area contributed by atoms with Crippen LogP contribution >= 0.6 is 0 Å². The van der Waals surface area contributed by atoms with Crippen LogP contribution in [-0.4, -0.2) is 73.6 Å². The SMILES string of the molecule is COC(=O)C1CC2C(=O)N3CCCCC3NC2N(CCC2CCC(OC)CC2)C1N. The van der Waals surface area contributed by atoms with Gasteiger partial charge in [-0.2, -0.15) is 0 Å². The molecule has 3 aliphatic heterocycles. The third-order valence-corrected chi connectivity index (χ3v) is 7.93. The minimum Gasteiger partial charge on any atom is -0.469 e. The maximum Gasteiger partial charge on any atom is 0.311 e. The molecular formula is C22H38N4O4. The zero-order valence-electron chi connectivity index (χ0n) is 18.4. The molecule has 8 heteroatoms. The van der Waals surface area contributed by atoms with Crippen LogP contribution in [0, 0.1) is 17.8 Å². The molecule has 0 aromatic carbocycles. The van der Waals surface area contributed by atoms with Gasteiger partial charge in [-0.3, -0.25) is 19.8 Å². The summed E-state index contributed by atoms with van der Waals surface area (Å²) in [5.74, 6) is -0.193. The van der Waals surface area contributed by atoms with Crippen molar-refractivity contribution in [2.45, 2.75) is 82.4 Å². The number of fused-ring (bicyclic) bond motifs is 2. The Bertz CT molecular complexity index is 624. The van der Waals surface area contributed by atoms with Crippen molar-refractivity contribution >= 4 is 11.9 Å². The second-order valence-electron chi connectivity index (χ2n) is 9.52. The number of nitrogens with one attached hydrogen (secondary N) is 1. The summed E-state index contributed by atoms with van der Waals surface area (Å²) in [5.41, 5.74) is 6.62. The van der Waals surface area contributed by atoms with E-state index in [4.69, 9.17) is 15.2 Å². The lowest BCUT2D eigenvalue weighted by molar-refractivity contribution is -0.168.